The van der Waals surface area contributed by atoms with Crippen molar-refractivity contribution in [3.63, 3.8) is 0 Å². The Labute approximate surface area is 139 Å². The smallest absolute Gasteiger partial charge is 0.239 e. The molecule has 2 heterocycles. The Morgan fingerprint density at radius 2 is 1.78 bits per heavy atom. The van der Waals surface area contributed by atoms with E-state index >= 15 is 0 Å². The van der Waals surface area contributed by atoms with E-state index < -0.39 is 0 Å². The van der Waals surface area contributed by atoms with Crippen LogP contribution in [0, 0.1) is 11.8 Å². The van der Waals surface area contributed by atoms with Crippen LogP contribution in [0.15, 0.2) is 0 Å². The van der Waals surface area contributed by atoms with E-state index in [1.54, 1.807) is 7.05 Å². The molecule has 0 aromatic heterocycles. The second-order valence-electron chi connectivity index (χ2n) is 8.32. The molecule has 0 bridgehead atoms. The van der Waals surface area contributed by atoms with Crippen LogP contribution in [0.4, 0.5) is 0 Å². The summed E-state index contributed by atoms with van der Waals surface area (Å²) in [6, 6.07) is -0.0879. The van der Waals surface area contributed by atoms with Gasteiger partial charge in [-0.15, -0.1) is 0 Å². The monoisotopic (exact) mass is 321 g/mol. The molecular weight excluding hydrogens is 290 g/mol. The molecule has 0 aromatic carbocycles. The van der Waals surface area contributed by atoms with Crippen molar-refractivity contribution in [3.05, 3.63) is 0 Å². The summed E-state index contributed by atoms with van der Waals surface area (Å²) < 4.78 is 6.22. The summed E-state index contributed by atoms with van der Waals surface area (Å²) in [5.41, 5.74) is -0.00197. The van der Waals surface area contributed by atoms with Crippen LogP contribution in [-0.2, 0) is 9.53 Å². The third-order valence-electron chi connectivity index (χ3n) is 6.23. The van der Waals surface area contributed by atoms with Gasteiger partial charge in [0.2, 0.25) is 5.91 Å². The number of nitrogens with one attached hydrogen (secondary N) is 1. The van der Waals surface area contributed by atoms with Crippen molar-refractivity contribution in [2.24, 2.45) is 11.8 Å². The largest absolute Gasteiger partial charge is 0.369 e. The maximum absolute atomic E-state index is 12.1. The van der Waals surface area contributed by atoms with E-state index in [0.717, 1.165) is 38.0 Å². The number of ether oxygens (including phenoxy) is 1. The van der Waals surface area contributed by atoms with Gasteiger partial charge in [0.05, 0.1) is 6.61 Å². The highest BCUT2D eigenvalue weighted by molar-refractivity contribution is 5.81. The lowest BCUT2D eigenvalue weighted by molar-refractivity contribution is -0.202. The van der Waals surface area contributed by atoms with Crippen LogP contribution < -0.4 is 5.32 Å². The van der Waals surface area contributed by atoms with E-state index in [-0.39, 0.29) is 17.6 Å². The lowest BCUT2D eigenvalue weighted by Crippen LogP contribution is -2.73. The molecule has 4 rings (SSSR count). The van der Waals surface area contributed by atoms with Crippen LogP contribution in [0.25, 0.3) is 0 Å². The molecule has 5 heteroatoms. The standard InChI is InChI=1S/C18H31N3O2/c1-19-17(22)16-10-23-18(13-21(16)9-15-6-7-15)11-20(12-18)8-14-4-2-3-5-14/h14-16H,2-13H2,1H3,(H,19,22)/t16-/m1/s1. The Kier molecular flexibility index (Phi) is 4.37. The van der Waals surface area contributed by atoms with Gasteiger partial charge in [-0.2, -0.15) is 0 Å². The summed E-state index contributed by atoms with van der Waals surface area (Å²) in [7, 11) is 1.73. The SMILES string of the molecule is CNC(=O)[C@H]1COC2(CN(CC3CCCC3)C2)CN1CC1CC1. The van der Waals surface area contributed by atoms with Gasteiger partial charge in [0, 0.05) is 39.8 Å². The molecule has 2 saturated heterocycles. The maximum Gasteiger partial charge on any atom is 0.239 e. The molecule has 0 radical (unpaired) electrons. The average molecular weight is 321 g/mol. The number of amides is 1. The van der Waals surface area contributed by atoms with E-state index in [2.05, 4.69) is 15.1 Å². The predicted octanol–water partition coefficient (Wildman–Crippen LogP) is 1.09. The molecule has 1 amide bonds. The third kappa shape index (κ3) is 3.42. The highest BCUT2D eigenvalue weighted by Gasteiger charge is 2.51. The zero-order valence-corrected chi connectivity index (χ0v) is 14.4. The summed E-state index contributed by atoms with van der Waals surface area (Å²) >= 11 is 0. The molecule has 1 spiro atoms. The maximum atomic E-state index is 12.1. The van der Waals surface area contributed by atoms with Crippen molar-refractivity contribution in [1.29, 1.82) is 0 Å². The number of hydrogen-bond acceptors (Lipinski definition) is 4. The first kappa shape index (κ1) is 15.9. The minimum Gasteiger partial charge on any atom is -0.369 e. The molecule has 1 N–H and O–H groups in total. The lowest BCUT2D eigenvalue weighted by Gasteiger charge is -2.56. The highest BCUT2D eigenvalue weighted by Crippen LogP contribution is 2.37. The fraction of sp³-hybridized carbons (Fsp3) is 0.944. The molecule has 2 aliphatic heterocycles. The van der Waals surface area contributed by atoms with Crippen molar-refractivity contribution in [2.45, 2.75) is 50.2 Å². The molecule has 23 heavy (non-hydrogen) atoms. The Hall–Kier alpha value is -0.650. The first-order valence-corrected chi connectivity index (χ1v) is 9.49. The van der Waals surface area contributed by atoms with Gasteiger partial charge in [-0.1, -0.05) is 12.8 Å². The summed E-state index contributed by atoms with van der Waals surface area (Å²) in [6.45, 7) is 5.95. The molecule has 2 aliphatic carbocycles. The number of morpholine rings is 1. The van der Waals surface area contributed by atoms with Crippen molar-refractivity contribution in [1.82, 2.24) is 15.1 Å². The molecule has 1 atom stereocenters. The number of carbonyl (C=O) groups excluding carboxylic acids is 1. The normalized spacial score (nSPS) is 32.1. The highest BCUT2D eigenvalue weighted by atomic mass is 16.5. The van der Waals surface area contributed by atoms with Gasteiger partial charge in [-0.05, 0) is 37.5 Å². The van der Waals surface area contributed by atoms with Crippen LogP contribution in [0.5, 0.6) is 0 Å². The summed E-state index contributed by atoms with van der Waals surface area (Å²) in [6.07, 6.45) is 8.33. The molecule has 130 valence electrons. The lowest BCUT2D eigenvalue weighted by atomic mass is 9.89. The molecule has 2 saturated carbocycles. The van der Waals surface area contributed by atoms with Crippen LogP contribution in [0.1, 0.15) is 38.5 Å². The number of rotatable bonds is 5. The third-order valence-corrected chi connectivity index (χ3v) is 6.23. The van der Waals surface area contributed by atoms with E-state index in [4.69, 9.17) is 4.74 Å². The predicted molar refractivity (Wildman–Crippen MR) is 89.2 cm³/mol. The Bertz CT molecular complexity index is 440. The van der Waals surface area contributed by atoms with Crippen molar-refractivity contribution < 1.29 is 9.53 Å². The topological polar surface area (TPSA) is 44.8 Å². The van der Waals surface area contributed by atoms with Gasteiger partial charge >= 0.3 is 0 Å². The number of carbonyl (C=O) groups is 1. The van der Waals surface area contributed by atoms with Crippen LogP contribution in [-0.4, -0.2) is 73.7 Å². The second kappa shape index (κ2) is 6.34. The van der Waals surface area contributed by atoms with E-state index in [0.29, 0.717) is 6.61 Å². The summed E-state index contributed by atoms with van der Waals surface area (Å²) in [5.74, 6) is 1.84. The second-order valence-corrected chi connectivity index (χ2v) is 8.32. The zero-order chi connectivity index (χ0) is 15.9. The van der Waals surface area contributed by atoms with Gasteiger partial charge in [0.1, 0.15) is 11.6 Å². The van der Waals surface area contributed by atoms with Gasteiger partial charge in [-0.25, -0.2) is 0 Å². The fourth-order valence-electron chi connectivity index (χ4n) is 4.77. The zero-order valence-electron chi connectivity index (χ0n) is 14.4. The van der Waals surface area contributed by atoms with Gasteiger partial charge in [-0.3, -0.25) is 14.6 Å². The number of likely N-dealkylation sites (tertiary alicyclic amines) is 1. The van der Waals surface area contributed by atoms with Gasteiger partial charge < -0.3 is 10.1 Å². The average Bonchev–Trinajstić information content (AvgIpc) is 3.18. The minimum atomic E-state index is -0.0879. The van der Waals surface area contributed by atoms with Crippen LogP contribution in [0.2, 0.25) is 0 Å². The van der Waals surface area contributed by atoms with E-state index in [1.165, 1.54) is 45.1 Å². The molecule has 4 aliphatic rings. The first-order chi connectivity index (χ1) is 11.2. The molecular formula is C18H31N3O2. The van der Waals surface area contributed by atoms with Crippen molar-refractivity contribution in [2.75, 3.05) is 46.4 Å². The Morgan fingerprint density at radius 3 is 2.43 bits per heavy atom. The van der Waals surface area contributed by atoms with Gasteiger partial charge in [0.15, 0.2) is 0 Å². The van der Waals surface area contributed by atoms with Crippen molar-refractivity contribution >= 4 is 5.91 Å². The summed E-state index contributed by atoms with van der Waals surface area (Å²) in [4.78, 5) is 17.1. The molecule has 0 aromatic rings. The number of nitrogens with zero attached hydrogens (tertiary/aromatic N) is 2. The van der Waals surface area contributed by atoms with Gasteiger partial charge in [0.25, 0.3) is 0 Å². The molecule has 0 unspecified atom stereocenters. The van der Waals surface area contributed by atoms with Crippen LogP contribution in [0.3, 0.4) is 0 Å². The molecule has 5 nitrogen and oxygen atoms in total. The number of hydrogen-bond donors (Lipinski definition) is 1. The Morgan fingerprint density at radius 1 is 1.09 bits per heavy atom. The molecule has 4 fully saturated rings. The summed E-state index contributed by atoms with van der Waals surface area (Å²) in [5, 5.41) is 2.81. The first-order valence-electron chi connectivity index (χ1n) is 9.49. The Balaban J connectivity index is 1.33. The minimum absolute atomic E-state index is 0.00197. The van der Waals surface area contributed by atoms with Crippen molar-refractivity contribution in [3.8, 4) is 0 Å². The fourth-order valence-corrected chi connectivity index (χ4v) is 4.77. The van der Waals surface area contributed by atoms with E-state index in [9.17, 15) is 4.79 Å². The number of likely N-dealkylation sites (N-methyl/N-ethyl adjacent to an activating group) is 1. The van der Waals surface area contributed by atoms with Crippen LogP contribution >= 0.6 is 0 Å². The van der Waals surface area contributed by atoms with E-state index in [1.807, 2.05) is 0 Å². The quantitative estimate of drug-likeness (QED) is 0.823.